The number of nitrogens with zero attached hydrogens (tertiary/aromatic N) is 4. The smallest absolute Gasteiger partial charge is 0.261 e. The minimum atomic E-state index is -0.291. The standard InChI is InChI=1S/C23H27N5O3/c1-2-26-12-14-27(15-13-26)20-10-9-17(16-24-20)25-21(29)8-5-11-28-22(30)18-6-3-4-7-19(18)23(28)31/h3-4,6-7,9-10,16H,2,5,8,11-15H2,1H3,(H,25,29). The largest absolute Gasteiger partial charge is 0.354 e. The number of carbonyl (C=O) groups excluding carboxylic acids is 3. The van der Waals surface area contributed by atoms with Crippen molar-refractivity contribution in [1.82, 2.24) is 14.8 Å². The lowest BCUT2D eigenvalue weighted by Crippen LogP contribution is -2.46. The predicted octanol–water partition coefficient (Wildman–Crippen LogP) is 2.24. The zero-order valence-electron chi connectivity index (χ0n) is 17.7. The van der Waals surface area contributed by atoms with Crippen molar-refractivity contribution in [3.63, 3.8) is 0 Å². The summed E-state index contributed by atoms with van der Waals surface area (Å²) in [5, 5.41) is 2.84. The van der Waals surface area contributed by atoms with E-state index in [0.717, 1.165) is 38.5 Å². The first-order valence-corrected chi connectivity index (χ1v) is 10.7. The highest BCUT2D eigenvalue weighted by Crippen LogP contribution is 2.23. The average Bonchev–Trinajstić information content (AvgIpc) is 3.05. The molecule has 162 valence electrons. The van der Waals surface area contributed by atoms with Crippen molar-refractivity contribution in [3.05, 3.63) is 53.7 Å². The molecule has 31 heavy (non-hydrogen) atoms. The van der Waals surface area contributed by atoms with E-state index in [2.05, 4.69) is 27.0 Å². The first-order chi connectivity index (χ1) is 15.1. The predicted molar refractivity (Wildman–Crippen MR) is 118 cm³/mol. The van der Waals surface area contributed by atoms with Crippen molar-refractivity contribution in [1.29, 1.82) is 0 Å². The van der Waals surface area contributed by atoms with E-state index in [0.29, 0.717) is 23.2 Å². The molecule has 0 radical (unpaired) electrons. The van der Waals surface area contributed by atoms with Crippen LogP contribution in [0.1, 0.15) is 40.5 Å². The van der Waals surface area contributed by atoms with Gasteiger partial charge in [-0.1, -0.05) is 19.1 Å². The fraction of sp³-hybridized carbons (Fsp3) is 0.391. The van der Waals surface area contributed by atoms with Crippen LogP contribution in [0.2, 0.25) is 0 Å². The van der Waals surface area contributed by atoms with Crippen LogP contribution in [0.25, 0.3) is 0 Å². The molecule has 2 aliphatic heterocycles. The lowest BCUT2D eigenvalue weighted by atomic mass is 10.1. The first kappa shape index (κ1) is 21.0. The summed E-state index contributed by atoms with van der Waals surface area (Å²) in [5.74, 6) is 0.170. The Morgan fingerprint density at radius 3 is 2.26 bits per heavy atom. The molecule has 0 aliphatic carbocycles. The van der Waals surface area contributed by atoms with E-state index in [-0.39, 0.29) is 30.7 Å². The number of imide groups is 1. The van der Waals surface area contributed by atoms with Gasteiger partial charge in [0.25, 0.3) is 11.8 Å². The van der Waals surface area contributed by atoms with Crippen LogP contribution in [0.4, 0.5) is 11.5 Å². The number of benzene rings is 1. The molecule has 0 unspecified atom stereocenters. The van der Waals surface area contributed by atoms with E-state index < -0.39 is 0 Å². The van der Waals surface area contributed by atoms with E-state index in [1.165, 1.54) is 4.90 Å². The number of hydrogen-bond donors (Lipinski definition) is 1. The SMILES string of the molecule is CCN1CCN(c2ccc(NC(=O)CCCN3C(=O)c4ccccc4C3=O)cn2)CC1. The maximum atomic E-state index is 12.4. The maximum Gasteiger partial charge on any atom is 0.261 e. The third-order valence-corrected chi connectivity index (χ3v) is 5.84. The molecule has 0 saturated carbocycles. The van der Waals surface area contributed by atoms with Crippen LogP contribution in [0.15, 0.2) is 42.6 Å². The minimum absolute atomic E-state index is 0.164. The molecule has 1 N–H and O–H groups in total. The average molecular weight is 422 g/mol. The molecule has 4 rings (SSSR count). The summed E-state index contributed by atoms with van der Waals surface area (Å²) in [7, 11) is 0. The van der Waals surface area contributed by atoms with Gasteiger partial charge in [-0.25, -0.2) is 4.98 Å². The van der Waals surface area contributed by atoms with Crippen LogP contribution >= 0.6 is 0 Å². The number of amides is 3. The van der Waals surface area contributed by atoms with E-state index in [1.807, 2.05) is 12.1 Å². The summed E-state index contributed by atoms with van der Waals surface area (Å²) in [6.07, 6.45) is 2.29. The Balaban J connectivity index is 1.23. The molecule has 0 atom stereocenters. The summed E-state index contributed by atoms with van der Waals surface area (Å²) in [5.41, 5.74) is 1.50. The Bertz CT molecular complexity index is 932. The maximum absolute atomic E-state index is 12.4. The van der Waals surface area contributed by atoms with Crippen molar-refractivity contribution >= 4 is 29.2 Å². The molecule has 1 saturated heterocycles. The van der Waals surface area contributed by atoms with Crippen LogP contribution in [-0.2, 0) is 4.79 Å². The van der Waals surface area contributed by atoms with Crippen LogP contribution in [0.5, 0.6) is 0 Å². The lowest BCUT2D eigenvalue weighted by molar-refractivity contribution is -0.116. The second kappa shape index (κ2) is 9.26. The highest BCUT2D eigenvalue weighted by Gasteiger charge is 2.34. The fourth-order valence-corrected chi connectivity index (χ4v) is 4.00. The van der Waals surface area contributed by atoms with Crippen LogP contribution in [0, 0.1) is 0 Å². The number of likely N-dealkylation sites (N-methyl/N-ethyl adjacent to an activating group) is 1. The molecular formula is C23H27N5O3. The molecule has 1 aromatic carbocycles. The monoisotopic (exact) mass is 421 g/mol. The summed E-state index contributed by atoms with van der Waals surface area (Å²) < 4.78 is 0. The fourth-order valence-electron chi connectivity index (χ4n) is 4.00. The molecule has 8 heteroatoms. The summed E-state index contributed by atoms with van der Waals surface area (Å²) in [4.78, 5) is 47.4. The van der Waals surface area contributed by atoms with E-state index in [4.69, 9.17) is 0 Å². The van der Waals surface area contributed by atoms with E-state index in [9.17, 15) is 14.4 Å². The molecular weight excluding hydrogens is 394 g/mol. The van der Waals surface area contributed by atoms with Crippen molar-refractivity contribution in [2.24, 2.45) is 0 Å². The molecule has 0 spiro atoms. The van der Waals surface area contributed by atoms with Gasteiger partial charge >= 0.3 is 0 Å². The van der Waals surface area contributed by atoms with Gasteiger partial charge < -0.3 is 15.1 Å². The second-order valence-corrected chi connectivity index (χ2v) is 7.79. The van der Waals surface area contributed by atoms with Gasteiger partial charge in [-0.15, -0.1) is 0 Å². The molecule has 3 heterocycles. The summed E-state index contributed by atoms with van der Waals surface area (Å²) in [6.45, 7) is 7.42. The van der Waals surface area contributed by atoms with Gasteiger partial charge in [0.05, 0.1) is 23.0 Å². The third kappa shape index (κ3) is 4.59. The number of nitrogens with one attached hydrogen (secondary N) is 1. The molecule has 8 nitrogen and oxygen atoms in total. The van der Waals surface area contributed by atoms with Crippen molar-refractivity contribution in [2.75, 3.05) is 49.5 Å². The Hall–Kier alpha value is -3.26. The van der Waals surface area contributed by atoms with Crippen molar-refractivity contribution in [3.8, 4) is 0 Å². The van der Waals surface area contributed by atoms with Crippen LogP contribution < -0.4 is 10.2 Å². The quantitative estimate of drug-likeness (QED) is 0.690. The first-order valence-electron chi connectivity index (χ1n) is 10.7. The van der Waals surface area contributed by atoms with Gasteiger partial charge in [0.2, 0.25) is 5.91 Å². The molecule has 3 amide bonds. The number of pyridine rings is 1. The lowest BCUT2D eigenvalue weighted by Gasteiger charge is -2.34. The zero-order valence-corrected chi connectivity index (χ0v) is 17.7. The van der Waals surface area contributed by atoms with E-state index in [1.54, 1.807) is 30.5 Å². The number of fused-ring (bicyclic) bond motifs is 1. The molecule has 1 fully saturated rings. The van der Waals surface area contributed by atoms with Gasteiger partial charge in [-0.2, -0.15) is 0 Å². The highest BCUT2D eigenvalue weighted by atomic mass is 16.2. The Labute approximate surface area is 181 Å². The van der Waals surface area contributed by atoms with Crippen molar-refractivity contribution < 1.29 is 14.4 Å². The number of piperazine rings is 1. The summed E-state index contributed by atoms with van der Waals surface area (Å²) >= 11 is 0. The Morgan fingerprint density at radius 2 is 1.68 bits per heavy atom. The molecule has 2 aromatic rings. The van der Waals surface area contributed by atoms with Gasteiger partial charge in [0.15, 0.2) is 0 Å². The number of hydrogen-bond acceptors (Lipinski definition) is 6. The zero-order chi connectivity index (χ0) is 21.8. The van der Waals surface area contributed by atoms with Crippen LogP contribution in [-0.4, -0.2) is 71.8 Å². The van der Waals surface area contributed by atoms with Gasteiger partial charge in [0, 0.05) is 39.1 Å². The Kier molecular flexibility index (Phi) is 6.27. The summed E-state index contributed by atoms with van der Waals surface area (Å²) in [6, 6.07) is 10.6. The topological polar surface area (TPSA) is 85.9 Å². The minimum Gasteiger partial charge on any atom is -0.354 e. The molecule has 1 aromatic heterocycles. The van der Waals surface area contributed by atoms with Gasteiger partial charge in [-0.05, 0) is 37.2 Å². The number of carbonyl (C=O) groups is 3. The normalized spacial score (nSPS) is 16.5. The van der Waals surface area contributed by atoms with E-state index >= 15 is 0 Å². The highest BCUT2D eigenvalue weighted by molar-refractivity contribution is 6.21. The van der Waals surface area contributed by atoms with Crippen molar-refractivity contribution in [2.45, 2.75) is 19.8 Å². The number of aromatic nitrogens is 1. The Morgan fingerprint density at radius 1 is 1.00 bits per heavy atom. The molecule has 2 aliphatic rings. The molecule has 0 bridgehead atoms. The number of rotatable bonds is 7. The van der Waals surface area contributed by atoms with Crippen LogP contribution in [0.3, 0.4) is 0 Å². The second-order valence-electron chi connectivity index (χ2n) is 7.79. The van der Waals surface area contributed by atoms with Gasteiger partial charge in [-0.3, -0.25) is 19.3 Å². The third-order valence-electron chi connectivity index (χ3n) is 5.84. The van der Waals surface area contributed by atoms with Gasteiger partial charge in [0.1, 0.15) is 5.82 Å². The number of anilines is 2.